The molecule has 1 heterocycles. The zero-order chi connectivity index (χ0) is 12.8. The molecule has 0 N–H and O–H groups in total. The molecule has 96 valence electrons. The van der Waals surface area contributed by atoms with Crippen LogP contribution in [-0.2, 0) is 9.47 Å². The first-order chi connectivity index (χ1) is 8.04. The molecular formula is C13H20O4. The summed E-state index contributed by atoms with van der Waals surface area (Å²) in [5, 5.41) is 0. The van der Waals surface area contributed by atoms with Crippen LogP contribution < -0.4 is 0 Å². The molecule has 1 aromatic heterocycles. The summed E-state index contributed by atoms with van der Waals surface area (Å²) in [7, 11) is 1.33. The summed E-state index contributed by atoms with van der Waals surface area (Å²) in [5.74, 6) is 1.01. The van der Waals surface area contributed by atoms with E-state index in [-0.39, 0.29) is 11.9 Å². The van der Waals surface area contributed by atoms with Gasteiger partial charge in [-0.05, 0) is 31.4 Å². The van der Waals surface area contributed by atoms with Crippen molar-refractivity contribution in [3.63, 3.8) is 0 Å². The molecule has 0 bridgehead atoms. The molecule has 0 saturated carbocycles. The van der Waals surface area contributed by atoms with Crippen molar-refractivity contribution < 1.29 is 18.7 Å². The monoisotopic (exact) mass is 240 g/mol. The number of methoxy groups -OCH3 is 1. The second-order valence-electron chi connectivity index (χ2n) is 4.39. The molecule has 1 unspecified atom stereocenters. The molecule has 0 aliphatic rings. The van der Waals surface area contributed by atoms with Crippen molar-refractivity contribution in [1.29, 1.82) is 0 Å². The van der Waals surface area contributed by atoms with E-state index >= 15 is 0 Å². The molecule has 1 aromatic rings. The Morgan fingerprint density at radius 2 is 2.06 bits per heavy atom. The molecule has 0 aliphatic carbocycles. The largest absolute Gasteiger partial charge is 0.463 e. The fraction of sp³-hybridized carbons (Fsp3) is 0.615. The maximum Gasteiger partial charge on any atom is 0.373 e. The number of furan rings is 1. The molecule has 4 heteroatoms. The summed E-state index contributed by atoms with van der Waals surface area (Å²) in [4.78, 5) is 11.2. The average molecular weight is 240 g/mol. The van der Waals surface area contributed by atoms with Gasteiger partial charge >= 0.3 is 5.97 Å². The van der Waals surface area contributed by atoms with Crippen LogP contribution in [0.5, 0.6) is 0 Å². The molecule has 0 aromatic carbocycles. The third-order valence-electron chi connectivity index (χ3n) is 2.48. The molecule has 17 heavy (non-hydrogen) atoms. The number of carbonyl (C=O) groups is 1. The molecule has 4 nitrogen and oxygen atoms in total. The normalized spacial score (nSPS) is 12.8. The van der Waals surface area contributed by atoms with E-state index < -0.39 is 5.97 Å². The first kappa shape index (κ1) is 13.8. The molecule has 0 saturated heterocycles. The van der Waals surface area contributed by atoms with Crippen LogP contribution in [0.15, 0.2) is 16.5 Å². The van der Waals surface area contributed by atoms with Gasteiger partial charge in [0.25, 0.3) is 0 Å². The maximum atomic E-state index is 11.2. The van der Waals surface area contributed by atoms with E-state index in [1.54, 1.807) is 12.1 Å². The quantitative estimate of drug-likeness (QED) is 0.716. The Balaban J connectivity index is 2.49. The molecule has 0 radical (unpaired) electrons. The molecular weight excluding hydrogens is 220 g/mol. The third-order valence-corrected chi connectivity index (χ3v) is 2.48. The van der Waals surface area contributed by atoms with Gasteiger partial charge in [0.15, 0.2) is 0 Å². The summed E-state index contributed by atoms with van der Waals surface area (Å²) < 4.78 is 15.5. The molecule has 0 spiro atoms. The van der Waals surface area contributed by atoms with Crippen LogP contribution in [0.4, 0.5) is 0 Å². The first-order valence-electron chi connectivity index (χ1n) is 5.84. The predicted octanol–water partition coefficient (Wildman–Crippen LogP) is 3.19. The van der Waals surface area contributed by atoms with Gasteiger partial charge in [-0.1, -0.05) is 13.8 Å². The van der Waals surface area contributed by atoms with Gasteiger partial charge < -0.3 is 13.9 Å². The Bertz CT molecular complexity index is 354. The zero-order valence-corrected chi connectivity index (χ0v) is 10.9. The molecule has 0 amide bonds. The van der Waals surface area contributed by atoms with Gasteiger partial charge in [0, 0.05) is 6.61 Å². The topological polar surface area (TPSA) is 48.7 Å². The van der Waals surface area contributed by atoms with Crippen molar-refractivity contribution in [3.8, 4) is 0 Å². The van der Waals surface area contributed by atoms with Crippen LogP contribution in [0.1, 0.15) is 49.6 Å². The Morgan fingerprint density at radius 1 is 1.35 bits per heavy atom. The number of carbonyl (C=O) groups excluding carboxylic acids is 1. The van der Waals surface area contributed by atoms with E-state index in [0.717, 1.165) is 6.42 Å². The summed E-state index contributed by atoms with van der Waals surface area (Å²) in [5.41, 5.74) is 0. The minimum absolute atomic E-state index is 0.146. The fourth-order valence-electron chi connectivity index (χ4n) is 1.34. The second kappa shape index (κ2) is 6.45. The Morgan fingerprint density at radius 3 is 2.65 bits per heavy atom. The van der Waals surface area contributed by atoms with Gasteiger partial charge in [-0.25, -0.2) is 4.79 Å². The van der Waals surface area contributed by atoms with Crippen molar-refractivity contribution in [3.05, 3.63) is 23.7 Å². The van der Waals surface area contributed by atoms with Crippen LogP contribution in [0.25, 0.3) is 0 Å². The third kappa shape index (κ3) is 4.23. The Hall–Kier alpha value is -1.29. The lowest BCUT2D eigenvalue weighted by Gasteiger charge is -2.11. The van der Waals surface area contributed by atoms with Crippen LogP contribution in [0, 0.1) is 5.92 Å². The number of esters is 1. The lowest BCUT2D eigenvalue weighted by Crippen LogP contribution is -2.03. The lowest BCUT2D eigenvalue weighted by atomic mass is 10.1. The summed E-state index contributed by atoms with van der Waals surface area (Å²) in [6.45, 7) is 6.89. The minimum atomic E-state index is -0.467. The minimum Gasteiger partial charge on any atom is -0.463 e. The summed E-state index contributed by atoms with van der Waals surface area (Å²) in [6, 6.07) is 3.34. The van der Waals surface area contributed by atoms with E-state index in [1.807, 2.05) is 6.92 Å². The first-order valence-corrected chi connectivity index (χ1v) is 5.84. The molecule has 0 fully saturated rings. The Labute approximate surface area is 102 Å². The Kier molecular flexibility index (Phi) is 5.22. The highest BCUT2D eigenvalue weighted by atomic mass is 16.5. The number of rotatable bonds is 6. The summed E-state index contributed by atoms with van der Waals surface area (Å²) in [6.07, 6.45) is 0.863. The van der Waals surface area contributed by atoms with Crippen molar-refractivity contribution in [1.82, 2.24) is 0 Å². The second-order valence-corrected chi connectivity index (χ2v) is 4.39. The van der Waals surface area contributed by atoms with E-state index in [0.29, 0.717) is 18.3 Å². The van der Waals surface area contributed by atoms with Crippen molar-refractivity contribution >= 4 is 5.97 Å². The predicted molar refractivity (Wildman–Crippen MR) is 63.9 cm³/mol. The molecule has 1 atom stereocenters. The van der Waals surface area contributed by atoms with Crippen LogP contribution >= 0.6 is 0 Å². The van der Waals surface area contributed by atoms with Crippen molar-refractivity contribution in [2.75, 3.05) is 13.7 Å². The van der Waals surface area contributed by atoms with Crippen LogP contribution in [0.3, 0.4) is 0 Å². The van der Waals surface area contributed by atoms with Gasteiger partial charge in [-0.15, -0.1) is 0 Å². The highest BCUT2D eigenvalue weighted by Gasteiger charge is 2.15. The highest BCUT2D eigenvalue weighted by molar-refractivity contribution is 5.86. The number of hydrogen-bond acceptors (Lipinski definition) is 4. The van der Waals surface area contributed by atoms with Crippen LogP contribution in [-0.4, -0.2) is 19.7 Å². The standard InChI is InChI=1S/C13H20O4/c1-9(2)7-8-16-10(3)11-5-6-12(17-11)13(14)15-4/h5-6,9-10H,7-8H2,1-4H3. The maximum absolute atomic E-state index is 11.2. The number of hydrogen-bond donors (Lipinski definition) is 0. The van der Waals surface area contributed by atoms with Gasteiger partial charge in [0.1, 0.15) is 11.9 Å². The zero-order valence-electron chi connectivity index (χ0n) is 10.9. The number of ether oxygens (including phenoxy) is 2. The van der Waals surface area contributed by atoms with Crippen molar-refractivity contribution in [2.45, 2.75) is 33.3 Å². The smallest absolute Gasteiger partial charge is 0.373 e. The van der Waals surface area contributed by atoms with Gasteiger partial charge in [0.2, 0.25) is 5.76 Å². The van der Waals surface area contributed by atoms with E-state index in [9.17, 15) is 4.79 Å². The average Bonchev–Trinajstić information content (AvgIpc) is 2.76. The SMILES string of the molecule is COC(=O)c1ccc(C(C)OCCC(C)C)o1. The van der Waals surface area contributed by atoms with E-state index in [1.165, 1.54) is 7.11 Å². The van der Waals surface area contributed by atoms with Crippen LogP contribution in [0.2, 0.25) is 0 Å². The van der Waals surface area contributed by atoms with E-state index in [2.05, 4.69) is 18.6 Å². The summed E-state index contributed by atoms with van der Waals surface area (Å²) >= 11 is 0. The van der Waals surface area contributed by atoms with Crippen molar-refractivity contribution in [2.24, 2.45) is 5.92 Å². The van der Waals surface area contributed by atoms with Gasteiger partial charge in [-0.2, -0.15) is 0 Å². The van der Waals surface area contributed by atoms with E-state index in [4.69, 9.17) is 9.15 Å². The van der Waals surface area contributed by atoms with Gasteiger partial charge in [-0.3, -0.25) is 0 Å². The molecule has 0 aliphatic heterocycles. The molecule has 1 rings (SSSR count). The fourth-order valence-corrected chi connectivity index (χ4v) is 1.34. The van der Waals surface area contributed by atoms with Gasteiger partial charge in [0.05, 0.1) is 7.11 Å². The lowest BCUT2D eigenvalue weighted by molar-refractivity contribution is 0.0401. The highest BCUT2D eigenvalue weighted by Crippen LogP contribution is 2.20.